The van der Waals surface area contributed by atoms with Crippen LogP contribution in [0.25, 0.3) is 0 Å². The number of fused-ring (bicyclic) bond motifs is 2. The molecule has 6 nitrogen and oxygen atoms in total. The molecule has 1 N–H and O–H groups in total. The topological polar surface area (TPSA) is 83.9 Å². The Morgan fingerprint density at radius 1 is 1.39 bits per heavy atom. The van der Waals surface area contributed by atoms with Gasteiger partial charge < -0.3 is 9.84 Å². The number of rotatable bonds is 5. The molecule has 2 aliphatic rings. The average molecular weight is 360 g/mol. The molecule has 8 heteroatoms. The first-order valence-corrected chi connectivity index (χ1v) is 9.21. The summed E-state index contributed by atoms with van der Waals surface area (Å²) in [6.07, 6.45) is 1.68. The Labute approximate surface area is 140 Å². The lowest BCUT2D eigenvalue weighted by Gasteiger charge is -2.23. The van der Waals surface area contributed by atoms with E-state index in [1.54, 1.807) is 6.07 Å². The van der Waals surface area contributed by atoms with Crippen LogP contribution in [0, 0.1) is 5.92 Å². The molecule has 0 amide bonds. The van der Waals surface area contributed by atoms with Crippen molar-refractivity contribution in [2.45, 2.75) is 42.8 Å². The zero-order valence-corrected chi connectivity index (χ0v) is 14.2. The molecule has 0 aromatic heterocycles. The highest BCUT2D eigenvalue weighted by atomic mass is 35.5. The van der Waals surface area contributed by atoms with Crippen molar-refractivity contribution >= 4 is 27.6 Å². The summed E-state index contributed by atoms with van der Waals surface area (Å²) in [6, 6.07) is 3.90. The molecule has 0 saturated carbocycles. The Hall–Kier alpha value is -1.15. The molecule has 0 spiro atoms. The summed E-state index contributed by atoms with van der Waals surface area (Å²) in [5.74, 6) is -1.55. The van der Waals surface area contributed by atoms with Crippen molar-refractivity contribution < 1.29 is 23.1 Å². The molecule has 23 heavy (non-hydrogen) atoms. The van der Waals surface area contributed by atoms with Crippen LogP contribution in [0.15, 0.2) is 23.1 Å². The van der Waals surface area contributed by atoms with E-state index >= 15 is 0 Å². The van der Waals surface area contributed by atoms with Crippen LogP contribution >= 0.6 is 11.6 Å². The Morgan fingerprint density at radius 2 is 2.13 bits per heavy atom. The minimum Gasteiger partial charge on any atom is -0.481 e. The summed E-state index contributed by atoms with van der Waals surface area (Å²) in [5, 5.41) is 9.61. The highest BCUT2D eigenvalue weighted by Gasteiger charge is 2.54. The van der Waals surface area contributed by atoms with Crippen LogP contribution < -0.4 is 0 Å². The van der Waals surface area contributed by atoms with E-state index in [9.17, 15) is 18.3 Å². The number of carboxylic acids is 1. The van der Waals surface area contributed by atoms with E-state index in [4.69, 9.17) is 16.3 Å². The van der Waals surface area contributed by atoms with E-state index in [1.807, 2.05) is 0 Å². The largest absolute Gasteiger partial charge is 0.481 e. The molecule has 2 fully saturated rings. The fourth-order valence-electron chi connectivity index (χ4n) is 3.72. The predicted molar refractivity (Wildman–Crippen MR) is 83.7 cm³/mol. The first kappa shape index (κ1) is 16.7. The number of ether oxygens (including phenoxy) is 1. The van der Waals surface area contributed by atoms with E-state index < -0.39 is 28.0 Å². The smallest absolute Gasteiger partial charge is 0.308 e. The summed E-state index contributed by atoms with van der Waals surface area (Å²) in [5.41, 5.74) is 0.667. The second-order valence-electron chi connectivity index (χ2n) is 6.04. The first-order chi connectivity index (χ1) is 10.8. The van der Waals surface area contributed by atoms with Gasteiger partial charge in [0.2, 0.25) is 10.0 Å². The molecule has 2 heterocycles. The van der Waals surface area contributed by atoms with E-state index in [0.29, 0.717) is 29.8 Å². The third-order valence-corrected chi connectivity index (χ3v) is 6.78. The van der Waals surface area contributed by atoms with Crippen molar-refractivity contribution in [2.24, 2.45) is 5.92 Å². The van der Waals surface area contributed by atoms with Gasteiger partial charge in [-0.25, -0.2) is 8.42 Å². The third-order valence-electron chi connectivity index (χ3n) is 4.61. The normalized spacial score (nSPS) is 27.5. The molecule has 1 aromatic rings. The van der Waals surface area contributed by atoms with Gasteiger partial charge in [-0.05, 0) is 43.0 Å². The van der Waals surface area contributed by atoms with E-state index in [1.165, 1.54) is 23.5 Å². The molecule has 1 aromatic carbocycles. The zero-order valence-electron chi connectivity index (χ0n) is 12.6. The van der Waals surface area contributed by atoms with E-state index in [-0.39, 0.29) is 17.5 Å². The van der Waals surface area contributed by atoms with Crippen LogP contribution in [0.3, 0.4) is 0 Å². The second-order valence-corrected chi connectivity index (χ2v) is 8.32. The molecule has 3 unspecified atom stereocenters. The maximum Gasteiger partial charge on any atom is 0.308 e. The highest BCUT2D eigenvalue weighted by molar-refractivity contribution is 7.89. The summed E-state index contributed by atoms with van der Waals surface area (Å²) in [7, 11) is -2.25. The molecule has 126 valence electrons. The van der Waals surface area contributed by atoms with Gasteiger partial charge in [0, 0.05) is 24.2 Å². The van der Waals surface area contributed by atoms with Gasteiger partial charge in [-0.3, -0.25) is 4.79 Å². The predicted octanol–water partition coefficient (Wildman–Crippen LogP) is 2.11. The number of hydrogen-bond acceptors (Lipinski definition) is 4. The Balaban J connectivity index is 1.98. The number of methoxy groups -OCH3 is 1. The molecule has 3 rings (SSSR count). The van der Waals surface area contributed by atoms with Crippen LogP contribution in [0.1, 0.15) is 24.8 Å². The molecule has 3 atom stereocenters. The van der Waals surface area contributed by atoms with Crippen molar-refractivity contribution in [3.63, 3.8) is 0 Å². The summed E-state index contributed by atoms with van der Waals surface area (Å²) >= 11 is 6.03. The van der Waals surface area contributed by atoms with Gasteiger partial charge in [0.15, 0.2) is 0 Å². The molecule has 2 saturated heterocycles. The van der Waals surface area contributed by atoms with Gasteiger partial charge in [0.05, 0.1) is 17.4 Å². The van der Waals surface area contributed by atoms with Crippen molar-refractivity contribution in [2.75, 3.05) is 7.11 Å². The monoisotopic (exact) mass is 359 g/mol. The fourth-order valence-corrected chi connectivity index (χ4v) is 6.06. The highest BCUT2D eigenvalue weighted by Crippen LogP contribution is 2.45. The van der Waals surface area contributed by atoms with E-state index in [0.717, 1.165) is 0 Å². The minimum absolute atomic E-state index is 0.0972. The van der Waals surface area contributed by atoms with Crippen molar-refractivity contribution in [1.29, 1.82) is 0 Å². The average Bonchev–Trinajstić information content (AvgIpc) is 3.05. The maximum atomic E-state index is 13.0. The molecule has 0 radical (unpaired) electrons. The van der Waals surface area contributed by atoms with Gasteiger partial charge in [-0.2, -0.15) is 4.31 Å². The van der Waals surface area contributed by atoms with Crippen LogP contribution in [0.2, 0.25) is 5.02 Å². The Kier molecular flexibility index (Phi) is 4.39. The quantitative estimate of drug-likeness (QED) is 0.870. The van der Waals surface area contributed by atoms with Crippen molar-refractivity contribution in [3.05, 3.63) is 28.8 Å². The van der Waals surface area contributed by atoms with Crippen molar-refractivity contribution in [1.82, 2.24) is 4.31 Å². The van der Waals surface area contributed by atoms with Crippen molar-refractivity contribution in [3.8, 4) is 0 Å². The van der Waals surface area contributed by atoms with Crippen LogP contribution in [-0.2, 0) is 26.2 Å². The fraction of sp³-hybridized carbons (Fsp3) is 0.533. The molecule has 2 bridgehead atoms. The summed E-state index contributed by atoms with van der Waals surface area (Å²) < 4.78 is 32.4. The maximum absolute atomic E-state index is 13.0. The number of aliphatic carboxylic acids is 1. The SMILES string of the molecule is COCc1cc(Cl)cc(S(=O)(=O)N2C3CCC2C(C(=O)O)C3)c1. The molecule has 0 aliphatic carbocycles. The standard InChI is InChI=1S/C15H18ClNO5S/c1-22-8-9-4-10(16)6-12(5-9)23(20,21)17-11-2-3-14(17)13(7-11)15(18)19/h4-6,11,13-14H,2-3,7-8H2,1H3,(H,18,19). The molecular weight excluding hydrogens is 342 g/mol. The number of hydrogen-bond donors (Lipinski definition) is 1. The summed E-state index contributed by atoms with van der Waals surface area (Å²) in [6.45, 7) is 0.258. The van der Waals surface area contributed by atoms with Crippen LogP contribution in [-0.4, -0.2) is 43.0 Å². The van der Waals surface area contributed by atoms with Gasteiger partial charge in [-0.15, -0.1) is 0 Å². The first-order valence-electron chi connectivity index (χ1n) is 7.39. The zero-order chi connectivity index (χ0) is 16.8. The Bertz CT molecular complexity index is 735. The van der Waals surface area contributed by atoms with Gasteiger partial charge in [0.25, 0.3) is 0 Å². The lowest BCUT2D eigenvalue weighted by atomic mass is 9.89. The molecular formula is C15H18ClNO5S. The number of carbonyl (C=O) groups is 1. The number of nitrogens with zero attached hydrogens (tertiary/aromatic N) is 1. The number of sulfonamides is 1. The second kappa shape index (κ2) is 6.05. The number of halogens is 1. The number of benzene rings is 1. The van der Waals surface area contributed by atoms with Gasteiger partial charge >= 0.3 is 5.97 Å². The van der Waals surface area contributed by atoms with E-state index in [2.05, 4.69) is 0 Å². The third kappa shape index (κ3) is 2.87. The Morgan fingerprint density at radius 3 is 2.74 bits per heavy atom. The molecule has 2 aliphatic heterocycles. The lowest BCUT2D eigenvalue weighted by molar-refractivity contribution is -0.142. The van der Waals surface area contributed by atoms with Crippen LogP contribution in [0.4, 0.5) is 0 Å². The number of carboxylic acid groups (broad SMARTS) is 1. The van der Waals surface area contributed by atoms with Gasteiger partial charge in [-0.1, -0.05) is 11.6 Å². The summed E-state index contributed by atoms with van der Waals surface area (Å²) in [4.78, 5) is 11.4. The minimum atomic E-state index is -3.77. The van der Waals surface area contributed by atoms with Crippen LogP contribution in [0.5, 0.6) is 0 Å². The van der Waals surface area contributed by atoms with Gasteiger partial charge in [0.1, 0.15) is 0 Å². The lowest BCUT2D eigenvalue weighted by Crippen LogP contribution is -2.37.